The highest BCUT2D eigenvalue weighted by molar-refractivity contribution is 5.83. The number of hydrogen-bond donors (Lipinski definition) is 1. The van der Waals surface area contributed by atoms with Crippen LogP contribution in [0.15, 0.2) is 29.1 Å². The minimum absolute atomic E-state index is 0.104. The van der Waals surface area contributed by atoms with Gasteiger partial charge in [0.25, 0.3) is 0 Å². The predicted octanol–water partition coefficient (Wildman–Crippen LogP) is 3.10. The van der Waals surface area contributed by atoms with E-state index in [2.05, 4.69) is 22.9 Å². The van der Waals surface area contributed by atoms with Crippen LogP contribution in [0.3, 0.4) is 0 Å². The second-order valence-corrected chi connectivity index (χ2v) is 5.92. The number of morpholine rings is 1. The summed E-state index contributed by atoms with van der Waals surface area (Å²) in [5, 5.41) is 0.797. The van der Waals surface area contributed by atoms with Crippen molar-refractivity contribution in [3.8, 4) is 0 Å². The lowest BCUT2D eigenvalue weighted by Crippen LogP contribution is -2.37. The van der Waals surface area contributed by atoms with Gasteiger partial charge in [0.2, 0.25) is 0 Å². The van der Waals surface area contributed by atoms with Gasteiger partial charge in [-0.1, -0.05) is 31.9 Å². The topological polar surface area (TPSA) is 45.3 Å². The first-order valence-electron chi connectivity index (χ1n) is 8.27. The van der Waals surface area contributed by atoms with Gasteiger partial charge in [0, 0.05) is 24.5 Å². The maximum absolute atomic E-state index is 12.4. The summed E-state index contributed by atoms with van der Waals surface area (Å²) in [5.74, 6) is 0.920. The summed E-state index contributed by atoms with van der Waals surface area (Å²) >= 11 is 0. The number of ether oxygens (including phenoxy) is 1. The summed E-state index contributed by atoms with van der Waals surface area (Å²) in [5.41, 5.74) is 2.36. The highest BCUT2D eigenvalue weighted by Crippen LogP contribution is 2.20. The van der Waals surface area contributed by atoms with E-state index in [0.717, 1.165) is 49.4 Å². The highest BCUT2D eigenvalue weighted by Gasteiger charge is 2.14. The van der Waals surface area contributed by atoms with Crippen LogP contribution in [-0.2, 0) is 11.2 Å². The molecule has 1 N–H and O–H groups in total. The van der Waals surface area contributed by atoms with Crippen molar-refractivity contribution in [2.75, 3.05) is 31.2 Å². The van der Waals surface area contributed by atoms with E-state index in [1.54, 1.807) is 6.07 Å². The van der Waals surface area contributed by atoms with E-state index in [9.17, 15) is 4.79 Å². The quantitative estimate of drug-likeness (QED) is 0.863. The van der Waals surface area contributed by atoms with Crippen molar-refractivity contribution in [3.05, 3.63) is 40.1 Å². The highest BCUT2D eigenvalue weighted by atomic mass is 16.5. The molecule has 1 aliphatic rings. The molecule has 2 aromatic rings. The minimum atomic E-state index is 0.104. The molecule has 1 aliphatic heterocycles. The molecule has 1 aromatic carbocycles. The predicted molar refractivity (Wildman–Crippen MR) is 90.8 cm³/mol. The van der Waals surface area contributed by atoms with E-state index in [4.69, 9.17) is 4.74 Å². The molecule has 0 aliphatic carbocycles. The lowest BCUT2D eigenvalue weighted by atomic mass is 10.0. The summed E-state index contributed by atoms with van der Waals surface area (Å²) in [6.45, 7) is 5.32. The maximum atomic E-state index is 12.4. The van der Waals surface area contributed by atoms with E-state index in [-0.39, 0.29) is 5.43 Å². The van der Waals surface area contributed by atoms with Gasteiger partial charge in [0.05, 0.1) is 18.7 Å². The molecule has 1 aromatic heterocycles. The number of aromatic amines is 1. The molecule has 0 spiro atoms. The lowest BCUT2D eigenvalue weighted by molar-refractivity contribution is 0.122. The van der Waals surface area contributed by atoms with Crippen LogP contribution in [0.25, 0.3) is 10.9 Å². The monoisotopic (exact) mass is 300 g/mol. The van der Waals surface area contributed by atoms with E-state index in [0.29, 0.717) is 0 Å². The number of benzene rings is 1. The van der Waals surface area contributed by atoms with Gasteiger partial charge in [-0.3, -0.25) is 4.79 Å². The number of anilines is 1. The van der Waals surface area contributed by atoms with Gasteiger partial charge in [0.1, 0.15) is 5.82 Å². The number of H-pyrrole nitrogens is 1. The van der Waals surface area contributed by atoms with Gasteiger partial charge in [0.15, 0.2) is 5.43 Å². The first kappa shape index (κ1) is 15.1. The molecule has 0 amide bonds. The third-order valence-electron chi connectivity index (χ3n) is 4.34. The van der Waals surface area contributed by atoms with Crippen LogP contribution in [0.5, 0.6) is 0 Å². The van der Waals surface area contributed by atoms with Gasteiger partial charge in [-0.25, -0.2) is 0 Å². The summed E-state index contributed by atoms with van der Waals surface area (Å²) < 4.78 is 5.39. The molecule has 1 saturated heterocycles. The molecule has 118 valence electrons. The Morgan fingerprint density at radius 2 is 2.05 bits per heavy atom. The van der Waals surface area contributed by atoms with Crippen LogP contribution in [0, 0.1) is 0 Å². The van der Waals surface area contributed by atoms with Gasteiger partial charge in [-0.15, -0.1) is 0 Å². The Bertz CT molecular complexity index is 687. The zero-order valence-corrected chi connectivity index (χ0v) is 13.2. The van der Waals surface area contributed by atoms with Crippen molar-refractivity contribution in [2.24, 2.45) is 0 Å². The van der Waals surface area contributed by atoms with Crippen LogP contribution in [0.2, 0.25) is 0 Å². The molecule has 0 saturated carbocycles. The SMILES string of the molecule is CCCCCc1cccc2c(=O)cc(N3CCOCC3)[nH]c12. The number of nitrogens with one attached hydrogen (secondary N) is 1. The van der Waals surface area contributed by atoms with Crippen LogP contribution in [0.1, 0.15) is 31.7 Å². The number of unbranched alkanes of at least 4 members (excludes halogenated alkanes) is 2. The normalized spacial score (nSPS) is 15.4. The van der Waals surface area contributed by atoms with E-state index in [1.807, 2.05) is 12.1 Å². The molecule has 1 fully saturated rings. The van der Waals surface area contributed by atoms with Gasteiger partial charge in [-0.05, 0) is 24.5 Å². The van der Waals surface area contributed by atoms with E-state index >= 15 is 0 Å². The molecule has 0 atom stereocenters. The third-order valence-corrected chi connectivity index (χ3v) is 4.34. The number of hydrogen-bond acceptors (Lipinski definition) is 3. The standard InChI is InChI=1S/C18H24N2O2/c1-2-3-4-6-14-7-5-8-15-16(21)13-17(19-18(14)15)20-9-11-22-12-10-20/h5,7-8,13H,2-4,6,9-12H2,1H3,(H,19,21). The Kier molecular flexibility index (Phi) is 4.78. The Labute approximate surface area is 131 Å². The van der Waals surface area contributed by atoms with Crippen molar-refractivity contribution in [3.63, 3.8) is 0 Å². The first-order chi connectivity index (χ1) is 10.8. The molecular weight excluding hydrogens is 276 g/mol. The van der Waals surface area contributed by atoms with Crippen molar-refractivity contribution < 1.29 is 4.74 Å². The molecular formula is C18H24N2O2. The number of rotatable bonds is 5. The number of aromatic nitrogens is 1. The zero-order valence-electron chi connectivity index (χ0n) is 13.2. The molecule has 3 rings (SSSR count). The second kappa shape index (κ2) is 6.97. The molecule has 4 nitrogen and oxygen atoms in total. The molecule has 0 radical (unpaired) electrons. The average molecular weight is 300 g/mol. The fourth-order valence-electron chi connectivity index (χ4n) is 3.07. The average Bonchev–Trinajstić information content (AvgIpc) is 2.56. The van der Waals surface area contributed by atoms with Gasteiger partial charge in [-0.2, -0.15) is 0 Å². The number of aryl methyl sites for hydroxylation is 1. The molecule has 22 heavy (non-hydrogen) atoms. The Hall–Kier alpha value is -1.81. The number of fused-ring (bicyclic) bond motifs is 1. The third kappa shape index (κ3) is 3.17. The van der Waals surface area contributed by atoms with Crippen molar-refractivity contribution in [1.29, 1.82) is 0 Å². The van der Waals surface area contributed by atoms with Crippen LogP contribution >= 0.6 is 0 Å². The molecule has 0 bridgehead atoms. The largest absolute Gasteiger partial charge is 0.378 e. The van der Waals surface area contributed by atoms with Crippen molar-refractivity contribution in [1.82, 2.24) is 4.98 Å². The Balaban J connectivity index is 1.98. The number of nitrogens with zero attached hydrogens (tertiary/aromatic N) is 1. The summed E-state index contributed by atoms with van der Waals surface area (Å²) in [4.78, 5) is 18.2. The van der Waals surface area contributed by atoms with Crippen LogP contribution in [0.4, 0.5) is 5.82 Å². The van der Waals surface area contributed by atoms with Crippen LogP contribution in [-0.4, -0.2) is 31.3 Å². The second-order valence-electron chi connectivity index (χ2n) is 5.92. The zero-order chi connectivity index (χ0) is 15.4. The molecule has 0 unspecified atom stereocenters. The van der Waals surface area contributed by atoms with Crippen LogP contribution < -0.4 is 10.3 Å². The Morgan fingerprint density at radius 3 is 2.82 bits per heavy atom. The molecule has 4 heteroatoms. The number of para-hydroxylation sites is 1. The first-order valence-corrected chi connectivity index (χ1v) is 8.27. The minimum Gasteiger partial charge on any atom is -0.378 e. The fraction of sp³-hybridized carbons (Fsp3) is 0.500. The Morgan fingerprint density at radius 1 is 1.23 bits per heavy atom. The fourth-order valence-corrected chi connectivity index (χ4v) is 3.07. The van der Waals surface area contributed by atoms with Gasteiger partial charge < -0.3 is 14.6 Å². The maximum Gasteiger partial charge on any atom is 0.191 e. The van der Waals surface area contributed by atoms with Crippen molar-refractivity contribution >= 4 is 16.7 Å². The van der Waals surface area contributed by atoms with E-state index < -0.39 is 0 Å². The summed E-state index contributed by atoms with van der Waals surface area (Å²) in [7, 11) is 0. The number of pyridine rings is 1. The molecule has 2 heterocycles. The summed E-state index contributed by atoms with van der Waals surface area (Å²) in [6.07, 6.45) is 4.62. The summed E-state index contributed by atoms with van der Waals surface area (Å²) in [6, 6.07) is 7.77. The lowest BCUT2D eigenvalue weighted by Gasteiger charge is -2.28. The van der Waals surface area contributed by atoms with Crippen molar-refractivity contribution in [2.45, 2.75) is 32.6 Å². The van der Waals surface area contributed by atoms with Gasteiger partial charge >= 0.3 is 0 Å². The smallest absolute Gasteiger partial charge is 0.191 e. The van der Waals surface area contributed by atoms with E-state index in [1.165, 1.54) is 24.8 Å².